The lowest BCUT2D eigenvalue weighted by molar-refractivity contribution is 0.586. The number of nitrogens with zero attached hydrogens (tertiary/aromatic N) is 6. The summed E-state index contributed by atoms with van der Waals surface area (Å²) in [5, 5.41) is 4.57. The van der Waals surface area contributed by atoms with Crippen LogP contribution in [0.25, 0.3) is 0 Å². The van der Waals surface area contributed by atoms with E-state index in [2.05, 4.69) is 431 Å². The van der Waals surface area contributed by atoms with E-state index in [1.165, 1.54) is 33.4 Å². The quantitative estimate of drug-likeness (QED) is 0.153. The van der Waals surface area contributed by atoms with E-state index in [0.717, 1.165) is 146 Å². The van der Waals surface area contributed by atoms with Crippen molar-refractivity contribution in [2.45, 2.75) is 262 Å². The molecule has 0 unspecified atom stereocenters. The van der Waals surface area contributed by atoms with Crippen molar-refractivity contribution in [3.63, 3.8) is 0 Å². The third-order valence-electron chi connectivity index (χ3n) is 25.7. The number of benzene rings is 11. The molecular formula is C106H122N6O2P2. The van der Waals surface area contributed by atoms with Crippen molar-refractivity contribution in [2.24, 2.45) is 0 Å². The molecule has 11 aromatic rings. The first-order valence-corrected chi connectivity index (χ1v) is 45.7. The first-order valence-electron chi connectivity index (χ1n) is 42.3. The minimum absolute atomic E-state index is 0.128. The Kier molecular flexibility index (Phi) is 17.1. The molecule has 0 saturated carbocycles. The molecule has 6 heterocycles. The topological polar surface area (TPSA) is 53.6 Å². The van der Waals surface area contributed by atoms with Gasteiger partial charge in [0, 0.05) is 34.1 Å². The molecule has 0 spiro atoms. The summed E-state index contributed by atoms with van der Waals surface area (Å²) in [4.78, 5) is 15.1. The maximum Gasteiger partial charge on any atom is 0.183 e. The Morgan fingerprint density at radius 3 is 0.414 bits per heavy atom. The summed E-state index contributed by atoms with van der Waals surface area (Å²) in [5.41, 5.74) is 24.4. The average Bonchev–Trinajstić information content (AvgIpc) is 0.628. The van der Waals surface area contributed by atoms with Gasteiger partial charge < -0.3 is 38.5 Å². The fourth-order valence-corrected chi connectivity index (χ4v) is 25.9. The van der Waals surface area contributed by atoms with Gasteiger partial charge in [-0.25, -0.2) is 0 Å². The summed E-state index contributed by atoms with van der Waals surface area (Å²) in [6, 6.07) is 74.8. The van der Waals surface area contributed by atoms with Gasteiger partial charge in [-0.2, -0.15) is 0 Å². The SMILES string of the molecule is CC(C)(C)c1ccc(N2c3cc(C(C)(C)C)cc4c3P3(=O)c5c2cc(C(C)(C)C)cc5N(c2ccc(C(C)(C)C)cc2)c2c5c6c(c(c23)N4c2ccc(C(C)(C)C)cc2)N(c2ccc(C(C)(C)C)cc2)c2cc(C(C)(C)C)cc3c2P6(=O)c2c(cc(C(C)(C)C)cc2N5c2ccc(C(C)(C)C)cc2)N3c2ccc(C(C)(C)C)cc2)cc1. The molecule has 11 aromatic carbocycles. The van der Waals surface area contributed by atoms with Gasteiger partial charge in [-0.1, -0.05) is 281 Å². The van der Waals surface area contributed by atoms with Crippen LogP contribution in [-0.2, 0) is 63.3 Å². The highest BCUT2D eigenvalue weighted by atomic mass is 31.2. The van der Waals surface area contributed by atoms with Crippen LogP contribution in [0.15, 0.2) is 194 Å². The molecular weight excluding hydrogens is 1450 g/mol. The second-order valence-corrected chi connectivity index (χ2v) is 49.7. The van der Waals surface area contributed by atoms with Gasteiger partial charge in [0.1, 0.15) is 0 Å². The van der Waals surface area contributed by atoms with E-state index in [9.17, 15) is 0 Å². The second-order valence-electron chi connectivity index (χ2n) is 44.6. The van der Waals surface area contributed by atoms with E-state index in [1.807, 2.05) is 0 Å². The van der Waals surface area contributed by atoms with Crippen LogP contribution in [0.4, 0.5) is 102 Å². The molecule has 8 nitrogen and oxygen atoms in total. The first-order chi connectivity index (χ1) is 53.6. The summed E-state index contributed by atoms with van der Waals surface area (Å²) < 4.78 is 41.5. The van der Waals surface area contributed by atoms with Crippen molar-refractivity contribution in [1.82, 2.24) is 0 Å². The molecule has 0 N–H and O–H groups in total. The molecule has 0 amide bonds. The number of rotatable bonds is 6. The van der Waals surface area contributed by atoms with Gasteiger partial charge in [-0.15, -0.1) is 0 Å². The van der Waals surface area contributed by atoms with Gasteiger partial charge in [0.05, 0.1) is 100 Å². The average molecular weight is 1570 g/mol. The maximum atomic E-state index is 20.8. The summed E-state index contributed by atoms with van der Waals surface area (Å²) in [6.45, 7) is 69.1. The number of hydrogen-bond donors (Lipinski definition) is 0. The summed E-state index contributed by atoms with van der Waals surface area (Å²) in [7, 11) is -8.78. The van der Waals surface area contributed by atoms with Crippen LogP contribution < -0.4 is 61.2 Å². The molecule has 10 heteroatoms. The van der Waals surface area contributed by atoms with E-state index < -0.39 is 35.9 Å². The first kappa shape index (κ1) is 79.2. The lowest BCUT2D eigenvalue weighted by Crippen LogP contribution is -2.53. The van der Waals surface area contributed by atoms with Gasteiger partial charge in [0.2, 0.25) is 0 Å². The van der Waals surface area contributed by atoms with Gasteiger partial charge in [-0.3, -0.25) is 0 Å². The molecule has 0 radical (unpaired) electrons. The Balaban J connectivity index is 1.19. The second kappa shape index (κ2) is 25.1. The summed E-state index contributed by atoms with van der Waals surface area (Å²) >= 11 is 0. The van der Waals surface area contributed by atoms with Gasteiger partial charge >= 0.3 is 0 Å². The molecule has 17 rings (SSSR count). The molecule has 598 valence electrons. The Morgan fingerprint density at radius 2 is 0.284 bits per heavy atom. The Bertz CT molecular complexity index is 5360. The van der Waals surface area contributed by atoms with Crippen molar-refractivity contribution in [3.05, 3.63) is 250 Å². The normalized spacial score (nSPS) is 15.9. The van der Waals surface area contributed by atoms with Crippen molar-refractivity contribution >= 4 is 148 Å². The van der Waals surface area contributed by atoms with Gasteiger partial charge in [-0.05, 0) is 231 Å². The Labute approximate surface area is 694 Å². The number of hydrogen-bond acceptors (Lipinski definition) is 8. The number of anilines is 18. The van der Waals surface area contributed by atoms with Crippen molar-refractivity contribution in [3.8, 4) is 0 Å². The predicted molar refractivity (Wildman–Crippen MR) is 502 cm³/mol. The van der Waals surface area contributed by atoms with Gasteiger partial charge in [0.15, 0.2) is 14.3 Å². The lowest BCUT2D eigenvalue weighted by Gasteiger charge is -2.56. The smallest absolute Gasteiger partial charge is 0.183 e. The molecule has 116 heavy (non-hydrogen) atoms. The number of fused-ring (bicyclic) bond motifs is 2. The zero-order chi connectivity index (χ0) is 83.7. The highest BCUT2D eigenvalue weighted by Gasteiger charge is 2.64. The van der Waals surface area contributed by atoms with Crippen LogP contribution in [0.3, 0.4) is 0 Å². The van der Waals surface area contributed by atoms with Gasteiger partial charge in [0.25, 0.3) is 0 Å². The third-order valence-corrected chi connectivity index (χ3v) is 32.2. The van der Waals surface area contributed by atoms with E-state index >= 15 is 9.13 Å². The van der Waals surface area contributed by atoms with Crippen LogP contribution in [0.5, 0.6) is 0 Å². The standard InChI is InChI=1S/C106H122N6O2P2/c1-97(2,3)63-31-43-73(44-32-63)107-79-55-69(103(19,20)21)59-83-91(79)115(113)92-80(107)56-70(104(22,23)24)60-84(92)110(76-49-37-66(38-50-76)100(10,11)12)88-90-96-89(87(95(88)115)109(83)75-47-35-65(36-48-75)99(7,8)9)111(77-51-39-67(40-52-77)101(13,14)15)85-61-71(105(25,26)27)57-81-93(85)116(96,114)94-82(108(81)74-45-33-64(34-46-74)98(4,5)6)58-72(106(28,29)30)62-86(94)112(90)78-53-41-68(42-54-78)102(16,17)18/h31-62H,1-30H3. The molecule has 0 saturated heterocycles. The van der Waals surface area contributed by atoms with Crippen molar-refractivity contribution < 1.29 is 9.13 Å². The highest BCUT2D eigenvalue weighted by molar-refractivity contribution is 7.88. The minimum Gasteiger partial charge on any atom is -0.309 e. The molecule has 0 fully saturated rings. The molecule has 0 bridgehead atoms. The van der Waals surface area contributed by atoms with Crippen LogP contribution in [0.2, 0.25) is 0 Å². The fourth-order valence-electron chi connectivity index (χ4n) is 18.6. The zero-order valence-corrected chi connectivity index (χ0v) is 76.7. The monoisotopic (exact) mass is 1570 g/mol. The summed E-state index contributed by atoms with van der Waals surface area (Å²) in [5.74, 6) is 0. The maximum absolute atomic E-state index is 20.8. The van der Waals surface area contributed by atoms with E-state index in [-0.39, 0.29) is 32.5 Å². The Morgan fingerprint density at radius 1 is 0.164 bits per heavy atom. The Hall–Kier alpha value is -9.32. The predicted octanol–water partition coefficient (Wildman–Crippen LogP) is 28.6. The molecule has 0 aliphatic carbocycles. The van der Waals surface area contributed by atoms with Crippen LogP contribution in [0, 0.1) is 0 Å². The van der Waals surface area contributed by atoms with E-state index in [1.54, 1.807) is 0 Å². The highest BCUT2D eigenvalue weighted by Crippen LogP contribution is 2.76. The van der Waals surface area contributed by atoms with Crippen molar-refractivity contribution in [2.75, 3.05) is 29.4 Å². The third kappa shape index (κ3) is 12.0. The largest absolute Gasteiger partial charge is 0.309 e. The minimum atomic E-state index is -4.39. The molecule has 6 aliphatic heterocycles. The van der Waals surface area contributed by atoms with Crippen LogP contribution >= 0.6 is 14.3 Å². The molecule has 0 atom stereocenters. The van der Waals surface area contributed by atoms with Crippen LogP contribution in [0.1, 0.15) is 263 Å². The van der Waals surface area contributed by atoms with Crippen molar-refractivity contribution in [1.29, 1.82) is 0 Å². The summed E-state index contributed by atoms with van der Waals surface area (Å²) in [6.07, 6.45) is 0. The fraction of sp³-hybridized carbons (Fsp3) is 0.377. The van der Waals surface area contributed by atoms with Crippen LogP contribution in [-0.4, -0.2) is 0 Å². The van der Waals surface area contributed by atoms with E-state index in [4.69, 9.17) is 0 Å². The van der Waals surface area contributed by atoms with E-state index in [0.29, 0.717) is 10.6 Å². The molecule has 0 aromatic heterocycles. The zero-order valence-electron chi connectivity index (χ0n) is 74.9. The molecule has 6 aliphatic rings. The lowest BCUT2D eigenvalue weighted by atomic mass is 9.84.